The summed E-state index contributed by atoms with van der Waals surface area (Å²) in [7, 11) is 0. The van der Waals surface area contributed by atoms with Crippen molar-refractivity contribution in [3.05, 3.63) is 46.8 Å². The fourth-order valence-corrected chi connectivity index (χ4v) is 2.31. The number of carbonyl (C=O) groups excluding carboxylic acids is 1. The van der Waals surface area contributed by atoms with E-state index in [1.165, 1.54) is 0 Å². The van der Waals surface area contributed by atoms with Crippen LogP contribution < -0.4 is 4.74 Å². The van der Waals surface area contributed by atoms with E-state index in [0.29, 0.717) is 5.75 Å². The molecule has 1 aliphatic carbocycles. The van der Waals surface area contributed by atoms with E-state index >= 15 is 0 Å². The molecule has 0 fully saturated rings. The molecule has 0 saturated carbocycles. The van der Waals surface area contributed by atoms with E-state index in [2.05, 4.69) is 5.16 Å². The first-order valence-electron chi connectivity index (χ1n) is 6.50. The van der Waals surface area contributed by atoms with Crippen molar-refractivity contribution in [2.45, 2.75) is 32.6 Å². The highest BCUT2D eigenvalue weighted by atomic mass is 16.6. The van der Waals surface area contributed by atoms with Gasteiger partial charge in [0, 0.05) is 5.56 Å². The number of benzene rings is 1. The van der Waals surface area contributed by atoms with Gasteiger partial charge in [-0.2, -0.15) is 0 Å². The largest absolute Gasteiger partial charge is 0.421 e. The molecule has 1 aromatic carbocycles. The summed E-state index contributed by atoms with van der Waals surface area (Å²) in [5.41, 5.74) is 2.95. The predicted octanol–water partition coefficient (Wildman–Crippen LogP) is 3.08. The molecule has 4 nitrogen and oxygen atoms in total. The summed E-state index contributed by atoms with van der Waals surface area (Å²) in [5.74, 6) is 0.325. The van der Waals surface area contributed by atoms with Gasteiger partial charge < -0.3 is 9.26 Å². The number of hydrogen-bond acceptors (Lipinski definition) is 4. The molecule has 0 amide bonds. The van der Waals surface area contributed by atoms with E-state index in [-0.39, 0.29) is 5.76 Å². The van der Waals surface area contributed by atoms with Gasteiger partial charge in [0.15, 0.2) is 0 Å². The van der Waals surface area contributed by atoms with Crippen LogP contribution in [0.3, 0.4) is 0 Å². The minimum Gasteiger partial charge on any atom is -0.421 e. The monoisotopic (exact) mass is 257 g/mol. The number of hydrogen-bond donors (Lipinski definition) is 0. The Morgan fingerprint density at radius 2 is 1.95 bits per heavy atom. The van der Waals surface area contributed by atoms with Crippen molar-refractivity contribution in [2.75, 3.05) is 0 Å². The van der Waals surface area contributed by atoms with Gasteiger partial charge in [-0.15, -0.1) is 0 Å². The molecular weight excluding hydrogens is 242 g/mol. The molecule has 3 rings (SSSR count). The standard InChI is InChI=1S/C15H15NO3/c1-10-6-8-11(9-7-10)18-15(17)14-12-4-2-3-5-13(12)16-19-14/h6-9H,2-5H2,1H3. The van der Waals surface area contributed by atoms with Crippen molar-refractivity contribution >= 4 is 5.97 Å². The van der Waals surface area contributed by atoms with Crippen LogP contribution in [0, 0.1) is 6.92 Å². The summed E-state index contributed by atoms with van der Waals surface area (Å²) in [4.78, 5) is 12.1. The lowest BCUT2D eigenvalue weighted by Gasteiger charge is -2.08. The maximum absolute atomic E-state index is 12.1. The van der Waals surface area contributed by atoms with Gasteiger partial charge in [0.25, 0.3) is 0 Å². The zero-order chi connectivity index (χ0) is 13.2. The molecule has 1 heterocycles. The third kappa shape index (κ3) is 2.38. The Kier molecular flexibility index (Phi) is 3.07. The van der Waals surface area contributed by atoms with Gasteiger partial charge in [-0.05, 0) is 44.7 Å². The lowest BCUT2D eigenvalue weighted by Crippen LogP contribution is -2.12. The van der Waals surface area contributed by atoms with Crippen LogP contribution in [0.1, 0.15) is 40.2 Å². The lowest BCUT2D eigenvalue weighted by atomic mass is 9.96. The predicted molar refractivity (Wildman–Crippen MR) is 69.3 cm³/mol. The maximum atomic E-state index is 12.1. The molecular formula is C15H15NO3. The van der Waals surface area contributed by atoms with Crippen LogP contribution in [0.4, 0.5) is 0 Å². The number of nitrogens with zero attached hydrogens (tertiary/aromatic N) is 1. The Balaban J connectivity index is 1.80. The molecule has 0 bridgehead atoms. The smallest absolute Gasteiger partial charge is 0.382 e. The van der Waals surface area contributed by atoms with E-state index in [1.807, 2.05) is 19.1 Å². The normalized spacial score (nSPS) is 13.9. The summed E-state index contributed by atoms with van der Waals surface area (Å²) in [6, 6.07) is 7.35. The van der Waals surface area contributed by atoms with Gasteiger partial charge in [0.2, 0.25) is 5.76 Å². The first-order chi connectivity index (χ1) is 9.24. The Morgan fingerprint density at radius 1 is 1.21 bits per heavy atom. The minimum absolute atomic E-state index is 0.260. The zero-order valence-electron chi connectivity index (χ0n) is 10.8. The third-order valence-corrected chi connectivity index (χ3v) is 3.38. The SMILES string of the molecule is Cc1ccc(OC(=O)c2onc3c2CCCC3)cc1. The fraction of sp³-hybridized carbons (Fsp3) is 0.333. The molecule has 4 heteroatoms. The van der Waals surface area contributed by atoms with E-state index in [0.717, 1.165) is 42.5 Å². The van der Waals surface area contributed by atoms with Crippen LogP contribution in [0.2, 0.25) is 0 Å². The van der Waals surface area contributed by atoms with Gasteiger partial charge in [-0.3, -0.25) is 0 Å². The Hall–Kier alpha value is -2.10. The molecule has 98 valence electrons. The number of aromatic nitrogens is 1. The summed E-state index contributed by atoms with van der Waals surface area (Å²) in [6.07, 6.45) is 3.90. The first-order valence-corrected chi connectivity index (χ1v) is 6.50. The second-order valence-electron chi connectivity index (χ2n) is 4.85. The van der Waals surface area contributed by atoms with Crippen LogP contribution >= 0.6 is 0 Å². The van der Waals surface area contributed by atoms with E-state index in [1.54, 1.807) is 12.1 Å². The Bertz CT molecular complexity index is 598. The van der Waals surface area contributed by atoms with Crippen LogP contribution in [-0.4, -0.2) is 11.1 Å². The number of aryl methyl sites for hydroxylation is 2. The molecule has 0 atom stereocenters. The van der Waals surface area contributed by atoms with Crippen LogP contribution in [0.5, 0.6) is 5.75 Å². The van der Waals surface area contributed by atoms with E-state index < -0.39 is 5.97 Å². The van der Waals surface area contributed by atoms with Gasteiger partial charge in [-0.1, -0.05) is 22.9 Å². The molecule has 2 aromatic rings. The van der Waals surface area contributed by atoms with Crippen LogP contribution in [0.25, 0.3) is 0 Å². The van der Waals surface area contributed by atoms with Crippen molar-refractivity contribution in [1.29, 1.82) is 0 Å². The maximum Gasteiger partial charge on any atom is 0.382 e. The van der Waals surface area contributed by atoms with Crippen molar-refractivity contribution in [1.82, 2.24) is 5.16 Å². The van der Waals surface area contributed by atoms with E-state index in [9.17, 15) is 4.79 Å². The van der Waals surface area contributed by atoms with Gasteiger partial charge in [0.05, 0.1) is 5.69 Å². The number of carbonyl (C=O) groups is 1. The topological polar surface area (TPSA) is 52.3 Å². The molecule has 0 N–H and O–H groups in total. The summed E-state index contributed by atoms with van der Waals surface area (Å²) in [5, 5.41) is 3.96. The molecule has 19 heavy (non-hydrogen) atoms. The van der Waals surface area contributed by atoms with Crippen molar-refractivity contribution in [3.8, 4) is 5.75 Å². The number of fused-ring (bicyclic) bond motifs is 1. The molecule has 1 aliphatic rings. The molecule has 1 aromatic heterocycles. The second-order valence-corrected chi connectivity index (χ2v) is 4.85. The zero-order valence-corrected chi connectivity index (χ0v) is 10.8. The second kappa shape index (κ2) is 4.88. The average molecular weight is 257 g/mol. The van der Waals surface area contributed by atoms with Crippen molar-refractivity contribution < 1.29 is 14.1 Å². The molecule has 0 radical (unpaired) electrons. The lowest BCUT2D eigenvalue weighted by molar-refractivity contribution is 0.0689. The van der Waals surface area contributed by atoms with Gasteiger partial charge in [-0.25, -0.2) is 4.79 Å². The highest BCUT2D eigenvalue weighted by molar-refractivity contribution is 5.89. The van der Waals surface area contributed by atoms with Crippen LogP contribution in [0.15, 0.2) is 28.8 Å². The minimum atomic E-state index is -0.459. The van der Waals surface area contributed by atoms with Crippen molar-refractivity contribution in [2.24, 2.45) is 0 Å². The van der Waals surface area contributed by atoms with Crippen LogP contribution in [-0.2, 0) is 12.8 Å². The quantitative estimate of drug-likeness (QED) is 0.613. The number of rotatable bonds is 2. The Morgan fingerprint density at radius 3 is 2.74 bits per heavy atom. The summed E-state index contributed by atoms with van der Waals surface area (Å²) in [6.45, 7) is 1.98. The summed E-state index contributed by atoms with van der Waals surface area (Å²) >= 11 is 0. The number of ether oxygens (including phenoxy) is 1. The van der Waals surface area contributed by atoms with E-state index in [4.69, 9.17) is 9.26 Å². The third-order valence-electron chi connectivity index (χ3n) is 3.38. The fourth-order valence-electron chi connectivity index (χ4n) is 2.31. The average Bonchev–Trinajstić information content (AvgIpc) is 2.85. The Labute approximate surface area is 111 Å². The highest BCUT2D eigenvalue weighted by Crippen LogP contribution is 2.25. The van der Waals surface area contributed by atoms with Gasteiger partial charge in [0.1, 0.15) is 5.75 Å². The highest BCUT2D eigenvalue weighted by Gasteiger charge is 2.25. The first kappa shape index (κ1) is 12.0. The molecule has 0 spiro atoms. The molecule has 0 saturated heterocycles. The summed E-state index contributed by atoms with van der Waals surface area (Å²) < 4.78 is 10.5. The van der Waals surface area contributed by atoms with Crippen molar-refractivity contribution in [3.63, 3.8) is 0 Å². The number of esters is 1. The molecule has 0 aliphatic heterocycles. The van der Waals surface area contributed by atoms with Gasteiger partial charge >= 0.3 is 5.97 Å². The molecule has 0 unspecified atom stereocenters.